The van der Waals surface area contributed by atoms with Gasteiger partial charge >= 0.3 is 0 Å². The lowest BCUT2D eigenvalue weighted by atomic mass is 10.1. The summed E-state index contributed by atoms with van der Waals surface area (Å²) in [6, 6.07) is 6.51. The Morgan fingerprint density at radius 1 is 1.35 bits per heavy atom. The zero-order valence-electron chi connectivity index (χ0n) is 9.64. The predicted octanol–water partition coefficient (Wildman–Crippen LogP) is 1.15. The zero-order valence-corrected chi connectivity index (χ0v) is 10.5. The smallest absolute Gasteiger partial charge is 0.251 e. The average molecular weight is 253 g/mol. The van der Waals surface area contributed by atoms with E-state index in [1.165, 1.54) is 6.26 Å². The van der Waals surface area contributed by atoms with Crippen molar-refractivity contribution in [2.45, 2.75) is 5.75 Å². The van der Waals surface area contributed by atoms with Crippen LogP contribution in [0.5, 0.6) is 0 Å². The molecule has 0 spiro atoms. The summed E-state index contributed by atoms with van der Waals surface area (Å²) in [5.74, 6) is -0.211. The van der Waals surface area contributed by atoms with Gasteiger partial charge in [-0.25, -0.2) is 8.42 Å². The minimum atomic E-state index is -3.04. The largest absolute Gasteiger partial charge is 0.349 e. The molecule has 5 heteroatoms. The summed E-state index contributed by atoms with van der Waals surface area (Å²) in [5, 5.41) is 2.64. The maximum Gasteiger partial charge on any atom is 0.251 e. The molecule has 0 aliphatic carbocycles. The van der Waals surface area contributed by atoms with Crippen LogP contribution in [0.2, 0.25) is 0 Å². The van der Waals surface area contributed by atoms with Crippen molar-refractivity contribution >= 4 is 15.7 Å². The summed E-state index contributed by atoms with van der Waals surface area (Å²) in [7, 11) is -3.04. The monoisotopic (exact) mass is 253 g/mol. The minimum Gasteiger partial charge on any atom is -0.349 e. The van der Waals surface area contributed by atoms with Crippen LogP contribution < -0.4 is 5.32 Å². The van der Waals surface area contributed by atoms with Crippen LogP contribution in [0.15, 0.2) is 36.9 Å². The number of sulfone groups is 1. The molecule has 0 radical (unpaired) electrons. The summed E-state index contributed by atoms with van der Waals surface area (Å²) >= 11 is 0. The van der Waals surface area contributed by atoms with E-state index in [0.29, 0.717) is 17.7 Å². The second-order valence-electron chi connectivity index (χ2n) is 3.77. The Bertz CT molecular complexity index is 503. The molecular weight excluding hydrogens is 238 g/mol. The molecule has 17 heavy (non-hydrogen) atoms. The van der Waals surface area contributed by atoms with Crippen molar-refractivity contribution < 1.29 is 13.2 Å². The second-order valence-corrected chi connectivity index (χ2v) is 5.91. The van der Waals surface area contributed by atoms with Gasteiger partial charge in [-0.2, -0.15) is 0 Å². The number of benzene rings is 1. The van der Waals surface area contributed by atoms with Crippen LogP contribution in [-0.2, 0) is 15.6 Å². The van der Waals surface area contributed by atoms with Gasteiger partial charge in [-0.05, 0) is 17.7 Å². The molecule has 1 aromatic carbocycles. The third-order valence-corrected chi connectivity index (χ3v) is 2.91. The van der Waals surface area contributed by atoms with Gasteiger partial charge in [-0.15, -0.1) is 6.58 Å². The molecular formula is C12H15NO3S. The van der Waals surface area contributed by atoms with Gasteiger partial charge in [-0.1, -0.05) is 18.2 Å². The van der Waals surface area contributed by atoms with Gasteiger partial charge < -0.3 is 5.32 Å². The fraction of sp³-hybridized carbons (Fsp3) is 0.250. The normalized spacial score (nSPS) is 10.9. The highest BCUT2D eigenvalue weighted by molar-refractivity contribution is 7.89. The number of hydrogen-bond acceptors (Lipinski definition) is 3. The number of carbonyl (C=O) groups is 1. The molecule has 0 atom stereocenters. The number of hydrogen-bond donors (Lipinski definition) is 1. The number of rotatable bonds is 5. The fourth-order valence-corrected chi connectivity index (χ4v) is 2.12. The van der Waals surface area contributed by atoms with Gasteiger partial charge in [0.15, 0.2) is 9.84 Å². The number of nitrogens with one attached hydrogen (secondary N) is 1. The van der Waals surface area contributed by atoms with Crippen LogP contribution in [0.3, 0.4) is 0 Å². The molecule has 0 aromatic heterocycles. The van der Waals surface area contributed by atoms with Gasteiger partial charge in [0.05, 0.1) is 5.75 Å². The summed E-state index contributed by atoms with van der Waals surface area (Å²) < 4.78 is 22.1. The summed E-state index contributed by atoms with van der Waals surface area (Å²) in [6.45, 7) is 3.91. The number of amides is 1. The first-order valence-electron chi connectivity index (χ1n) is 5.08. The van der Waals surface area contributed by atoms with Crippen LogP contribution >= 0.6 is 0 Å². The molecule has 0 saturated carbocycles. The lowest BCUT2D eigenvalue weighted by Gasteiger charge is -2.03. The fourth-order valence-electron chi connectivity index (χ4n) is 1.32. The first-order chi connectivity index (χ1) is 7.92. The lowest BCUT2D eigenvalue weighted by Crippen LogP contribution is -2.23. The average Bonchev–Trinajstić information content (AvgIpc) is 2.24. The Labute approximate surface area is 101 Å². The first kappa shape index (κ1) is 13.4. The van der Waals surface area contributed by atoms with Crippen LogP contribution in [0.4, 0.5) is 0 Å². The lowest BCUT2D eigenvalue weighted by molar-refractivity contribution is 0.0958. The predicted molar refractivity (Wildman–Crippen MR) is 67.5 cm³/mol. The summed E-state index contributed by atoms with van der Waals surface area (Å²) in [6.07, 6.45) is 2.77. The third kappa shape index (κ3) is 4.82. The summed E-state index contributed by atoms with van der Waals surface area (Å²) in [4.78, 5) is 11.5. The van der Waals surface area contributed by atoms with Gasteiger partial charge in [-0.3, -0.25) is 4.79 Å². The van der Waals surface area contributed by atoms with Crippen molar-refractivity contribution in [3.05, 3.63) is 48.0 Å². The Hall–Kier alpha value is -1.62. The van der Waals surface area contributed by atoms with Crippen LogP contribution in [0.1, 0.15) is 15.9 Å². The van der Waals surface area contributed by atoms with Crippen molar-refractivity contribution in [1.29, 1.82) is 0 Å². The minimum absolute atomic E-state index is 0.0123. The highest BCUT2D eigenvalue weighted by atomic mass is 32.2. The van der Waals surface area contributed by atoms with Gasteiger partial charge in [0.1, 0.15) is 0 Å². The van der Waals surface area contributed by atoms with Crippen LogP contribution in [-0.4, -0.2) is 27.1 Å². The highest BCUT2D eigenvalue weighted by Gasteiger charge is 2.07. The van der Waals surface area contributed by atoms with E-state index in [1.807, 2.05) is 0 Å². The second kappa shape index (κ2) is 5.63. The van der Waals surface area contributed by atoms with Crippen molar-refractivity contribution in [2.24, 2.45) is 0 Å². The first-order valence-corrected chi connectivity index (χ1v) is 7.14. The van der Waals surface area contributed by atoms with Crippen molar-refractivity contribution in [2.75, 3.05) is 12.8 Å². The van der Waals surface area contributed by atoms with Crippen molar-refractivity contribution in [3.63, 3.8) is 0 Å². The van der Waals surface area contributed by atoms with E-state index in [0.717, 1.165) is 0 Å². The molecule has 0 fully saturated rings. The van der Waals surface area contributed by atoms with E-state index in [1.54, 1.807) is 30.3 Å². The van der Waals surface area contributed by atoms with Crippen molar-refractivity contribution in [1.82, 2.24) is 5.32 Å². The van der Waals surface area contributed by atoms with Gasteiger partial charge in [0, 0.05) is 18.4 Å². The molecule has 1 amide bonds. The molecule has 0 aliphatic heterocycles. The molecule has 0 bridgehead atoms. The van der Waals surface area contributed by atoms with Crippen LogP contribution in [0.25, 0.3) is 0 Å². The van der Waals surface area contributed by atoms with E-state index >= 15 is 0 Å². The van der Waals surface area contributed by atoms with E-state index in [9.17, 15) is 13.2 Å². The van der Waals surface area contributed by atoms with E-state index in [-0.39, 0.29) is 11.7 Å². The molecule has 92 valence electrons. The SMILES string of the molecule is C=CCNC(=O)c1ccc(CS(C)(=O)=O)cc1. The standard InChI is InChI=1S/C12H15NO3S/c1-3-8-13-12(14)11-6-4-10(5-7-11)9-17(2,15)16/h3-7H,1,8-9H2,2H3,(H,13,14). The Morgan fingerprint density at radius 3 is 2.41 bits per heavy atom. The zero-order chi connectivity index (χ0) is 12.9. The Balaban J connectivity index is 2.74. The maximum atomic E-state index is 11.5. The van der Waals surface area contributed by atoms with E-state index in [4.69, 9.17) is 0 Å². The van der Waals surface area contributed by atoms with Gasteiger partial charge in [0.2, 0.25) is 0 Å². The molecule has 1 N–H and O–H groups in total. The van der Waals surface area contributed by atoms with E-state index < -0.39 is 9.84 Å². The molecule has 1 aromatic rings. The maximum absolute atomic E-state index is 11.5. The number of carbonyl (C=O) groups excluding carboxylic acids is 1. The summed E-state index contributed by atoms with van der Waals surface area (Å²) in [5.41, 5.74) is 1.18. The molecule has 4 nitrogen and oxygen atoms in total. The Morgan fingerprint density at radius 2 is 1.94 bits per heavy atom. The quantitative estimate of drug-likeness (QED) is 0.801. The highest BCUT2D eigenvalue weighted by Crippen LogP contribution is 2.07. The molecule has 0 saturated heterocycles. The van der Waals surface area contributed by atoms with Gasteiger partial charge in [0.25, 0.3) is 5.91 Å². The molecule has 0 aliphatic rings. The molecule has 1 rings (SSSR count). The Kier molecular flexibility index (Phi) is 4.45. The molecule has 0 heterocycles. The van der Waals surface area contributed by atoms with E-state index in [2.05, 4.69) is 11.9 Å². The molecule has 0 unspecified atom stereocenters. The topological polar surface area (TPSA) is 63.2 Å². The van der Waals surface area contributed by atoms with Crippen molar-refractivity contribution in [3.8, 4) is 0 Å². The van der Waals surface area contributed by atoms with Crippen LogP contribution in [0, 0.1) is 0 Å². The third-order valence-electron chi connectivity index (χ3n) is 2.05.